The van der Waals surface area contributed by atoms with Gasteiger partial charge in [-0.05, 0) is 43.2 Å². The highest BCUT2D eigenvalue weighted by Crippen LogP contribution is 2.28. The second-order valence-corrected chi connectivity index (χ2v) is 6.95. The van der Waals surface area contributed by atoms with Gasteiger partial charge >= 0.3 is 0 Å². The zero-order chi connectivity index (χ0) is 19.5. The van der Waals surface area contributed by atoms with Crippen LogP contribution in [0.2, 0.25) is 0 Å². The number of hydrogen-bond donors (Lipinski definition) is 2. The van der Waals surface area contributed by atoms with Crippen LogP contribution in [0.1, 0.15) is 45.3 Å². The molecule has 3 heterocycles. The van der Waals surface area contributed by atoms with Crippen molar-refractivity contribution in [3.8, 4) is 11.3 Å². The minimum absolute atomic E-state index is 0.0347. The predicted molar refractivity (Wildman–Crippen MR) is 105 cm³/mol. The largest absolute Gasteiger partial charge is 0.366 e. The average Bonchev–Trinajstić information content (AvgIpc) is 3.28. The lowest BCUT2D eigenvalue weighted by atomic mass is 9.93. The molecule has 7 nitrogen and oxygen atoms in total. The molecule has 1 atom stereocenters. The van der Waals surface area contributed by atoms with E-state index in [1.165, 1.54) is 0 Å². The van der Waals surface area contributed by atoms with E-state index in [2.05, 4.69) is 10.2 Å². The highest BCUT2D eigenvalue weighted by molar-refractivity contribution is 5.94. The van der Waals surface area contributed by atoms with Crippen LogP contribution in [0.4, 0.5) is 0 Å². The number of piperidine rings is 1. The second-order valence-electron chi connectivity index (χ2n) is 6.95. The Hall–Kier alpha value is -3.48. The van der Waals surface area contributed by atoms with Gasteiger partial charge in [0.25, 0.3) is 5.91 Å². The lowest BCUT2D eigenvalue weighted by Crippen LogP contribution is -2.39. The van der Waals surface area contributed by atoms with Crippen molar-refractivity contribution < 1.29 is 9.59 Å². The van der Waals surface area contributed by atoms with Crippen LogP contribution in [-0.2, 0) is 0 Å². The highest BCUT2D eigenvalue weighted by atomic mass is 16.2. The summed E-state index contributed by atoms with van der Waals surface area (Å²) in [5, 5.41) is 6.60. The number of nitrogens with one attached hydrogen (secondary N) is 1. The van der Waals surface area contributed by atoms with Gasteiger partial charge in [-0.2, -0.15) is 5.10 Å². The monoisotopic (exact) mass is 375 g/mol. The summed E-state index contributed by atoms with van der Waals surface area (Å²) in [6.45, 7) is 1.35. The molecule has 28 heavy (non-hydrogen) atoms. The molecule has 1 fully saturated rings. The molecule has 1 saturated heterocycles. The molecule has 2 aromatic heterocycles. The van der Waals surface area contributed by atoms with Crippen LogP contribution in [0.3, 0.4) is 0 Å². The minimum atomic E-state index is -0.460. The van der Waals surface area contributed by atoms with Crippen LogP contribution in [0.25, 0.3) is 11.3 Å². The number of primary amides is 1. The molecule has 0 spiro atoms. The first-order valence-corrected chi connectivity index (χ1v) is 9.27. The number of amides is 2. The molecule has 142 valence electrons. The van der Waals surface area contributed by atoms with Gasteiger partial charge in [-0.25, -0.2) is 0 Å². The molecule has 0 unspecified atom stereocenters. The molecule has 0 saturated carbocycles. The first kappa shape index (κ1) is 17.9. The molecule has 2 amide bonds. The number of benzene rings is 1. The molecule has 3 N–H and O–H groups in total. The van der Waals surface area contributed by atoms with Crippen LogP contribution in [-0.4, -0.2) is 45.0 Å². The number of nitrogens with two attached hydrogens (primary N) is 1. The predicted octanol–water partition coefficient (Wildman–Crippen LogP) is 2.59. The average molecular weight is 375 g/mol. The number of rotatable bonds is 4. The molecule has 1 aromatic carbocycles. The van der Waals surface area contributed by atoms with Gasteiger partial charge < -0.3 is 10.6 Å². The first-order valence-electron chi connectivity index (χ1n) is 9.27. The molecular formula is C21H21N5O2. The van der Waals surface area contributed by atoms with Crippen molar-refractivity contribution >= 4 is 11.8 Å². The number of hydrogen-bond acceptors (Lipinski definition) is 4. The van der Waals surface area contributed by atoms with Gasteiger partial charge in [0.2, 0.25) is 5.91 Å². The van der Waals surface area contributed by atoms with Crippen molar-refractivity contribution in [2.45, 2.75) is 18.8 Å². The summed E-state index contributed by atoms with van der Waals surface area (Å²) in [6, 6.07) is 14.7. The van der Waals surface area contributed by atoms with E-state index in [0.717, 1.165) is 36.3 Å². The summed E-state index contributed by atoms with van der Waals surface area (Å²) < 4.78 is 0. The Morgan fingerprint density at radius 2 is 2.00 bits per heavy atom. The molecule has 0 aliphatic carbocycles. The van der Waals surface area contributed by atoms with Gasteiger partial charge in [-0.15, -0.1) is 0 Å². The molecule has 0 radical (unpaired) electrons. The molecule has 1 aliphatic heterocycles. The van der Waals surface area contributed by atoms with E-state index in [9.17, 15) is 9.59 Å². The smallest absolute Gasteiger partial charge is 0.271 e. The third kappa shape index (κ3) is 3.64. The Morgan fingerprint density at radius 3 is 2.79 bits per heavy atom. The zero-order valence-corrected chi connectivity index (χ0v) is 15.3. The molecule has 0 bridgehead atoms. The fourth-order valence-electron chi connectivity index (χ4n) is 3.62. The molecule has 3 aromatic rings. The Bertz CT molecular complexity index is 1000. The SMILES string of the molecule is NC(=O)c1cccc(-c2cccc([C@H]3CCCN(C(=O)c4ccn[nH]4)C3)n2)c1. The fourth-order valence-corrected chi connectivity index (χ4v) is 3.62. The van der Waals surface area contributed by atoms with Crippen LogP contribution in [0.15, 0.2) is 54.7 Å². The van der Waals surface area contributed by atoms with Gasteiger partial charge in [-0.3, -0.25) is 19.7 Å². The number of aromatic amines is 1. The van der Waals surface area contributed by atoms with Crippen molar-refractivity contribution in [3.63, 3.8) is 0 Å². The van der Waals surface area contributed by atoms with Gasteiger partial charge in [0, 0.05) is 42.0 Å². The summed E-state index contributed by atoms with van der Waals surface area (Å²) in [4.78, 5) is 30.7. The second kappa shape index (κ2) is 7.64. The number of nitrogens with zero attached hydrogens (tertiary/aromatic N) is 3. The summed E-state index contributed by atoms with van der Waals surface area (Å²) in [6.07, 6.45) is 3.48. The third-order valence-electron chi connectivity index (χ3n) is 5.07. The van der Waals surface area contributed by atoms with E-state index in [0.29, 0.717) is 17.8 Å². The molecule has 1 aliphatic rings. The van der Waals surface area contributed by atoms with Crippen LogP contribution in [0, 0.1) is 0 Å². The Morgan fingerprint density at radius 1 is 1.14 bits per heavy atom. The quantitative estimate of drug-likeness (QED) is 0.731. The Balaban J connectivity index is 1.56. The summed E-state index contributed by atoms with van der Waals surface area (Å²) in [5.41, 5.74) is 8.93. The van der Waals surface area contributed by atoms with Crippen LogP contribution in [0.5, 0.6) is 0 Å². The van der Waals surface area contributed by atoms with E-state index in [4.69, 9.17) is 10.7 Å². The lowest BCUT2D eigenvalue weighted by molar-refractivity contribution is 0.0699. The van der Waals surface area contributed by atoms with Crippen LogP contribution < -0.4 is 5.73 Å². The minimum Gasteiger partial charge on any atom is -0.366 e. The standard InChI is InChI=1S/C21H21N5O2/c22-20(27)15-5-1-4-14(12-15)17-7-2-8-18(24-17)16-6-3-11-26(13-16)21(28)19-9-10-23-25-19/h1-2,4-5,7-10,12,16H,3,6,11,13H2,(H2,22,27)(H,23,25)/t16-/m0/s1. The van der Waals surface area contributed by atoms with Gasteiger partial charge in [0.15, 0.2) is 0 Å². The number of pyridine rings is 1. The summed E-state index contributed by atoms with van der Waals surface area (Å²) >= 11 is 0. The normalized spacial score (nSPS) is 16.7. The van der Waals surface area contributed by atoms with E-state index in [1.807, 2.05) is 29.2 Å². The van der Waals surface area contributed by atoms with E-state index in [1.54, 1.807) is 30.5 Å². The van der Waals surface area contributed by atoms with Crippen LogP contribution >= 0.6 is 0 Å². The Kier molecular flexibility index (Phi) is 4.89. The number of H-pyrrole nitrogens is 1. The number of carbonyl (C=O) groups excluding carboxylic acids is 2. The van der Waals surface area contributed by atoms with E-state index >= 15 is 0 Å². The molecule has 7 heteroatoms. The Labute approximate surface area is 162 Å². The number of carbonyl (C=O) groups is 2. The third-order valence-corrected chi connectivity index (χ3v) is 5.07. The maximum absolute atomic E-state index is 12.6. The van der Waals surface area contributed by atoms with Crippen molar-refractivity contribution in [1.82, 2.24) is 20.1 Å². The first-order chi connectivity index (χ1) is 13.6. The maximum atomic E-state index is 12.6. The molecule has 4 rings (SSSR count). The topological polar surface area (TPSA) is 105 Å². The van der Waals surface area contributed by atoms with Crippen molar-refractivity contribution in [2.24, 2.45) is 5.73 Å². The highest BCUT2D eigenvalue weighted by Gasteiger charge is 2.27. The van der Waals surface area contributed by atoms with E-state index in [-0.39, 0.29) is 11.8 Å². The number of likely N-dealkylation sites (tertiary alicyclic amines) is 1. The van der Waals surface area contributed by atoms with Crippen molar-refractivity contribution in [2.75, 3.05) is 13.1 Å². The van der Waals surface area contributed by atoms with Crippen molar-refractivity contribution in [3.05, 3.63) is 71.7 Å². The number of aromatic nitrogens is 3. The maximum Gasteiger partial charge on any atom is 0.271 e. The van der Waals surface area contributed by atoms with Gasteiger partial charge in [-0.1, -0.05) is 18.2 Å². The van der Waals surface area contributed by atoms with Gasteiger partial charge in [0.05, 0.1) is 5.69 Å². The lowest BCUT2D eigenvalue weighted by Gasteiger charge is -2.32. The summed E-state index contributed by atoms with van der Waals surface area (Å²) in [5.74, 6) is -0.328. The zero-order valence-electron chi connectivity index (χ0n) is 15.3. The van der Waals surface area contributed by atoms with Crippen molar-refractivity contribution in [1.29, 1.82) is 0 Å². The fraction of sp³-hybridized carbons (Fsp3) is 0.238. The van der Waals surface area contributed by atoms with E-state index < -0.39 is 5.91 Å². The van der Waals surface area contributed by atoms with Gasteiger partial charge in [0.1, 0.15) is 5.69 Å². The summed E-state index contributed by atoms with van der Waals surface area (Å²) in [7, 11) is 0. The molecular weight excluding hydrogens is 354 g/mol.